The Hall–Kier alpha value is -1.30. The Labute approximate surface area is 135 Å². The molecule has 0 aromatic heterocycles. The number of nitrogens with two attached hydrogens (primary N) is 1. The molecule has 0 atom stereocenters. The van der Waals surface area contributed by atoms with Crippen molar-refractivity contribution in [2.24, 2.45) is 5.73 Å². The van der Waals surface area contributed by atoms with Gasteiger partial charge in [0, 0.05) is 17.1 Å². The van der Waals surface area contributed by atoms with Gasteiger partial charge >= 0.3 is 0 Å². The molecule has 0 spiro atoms. The second-order valence-electron chi connectivity index (χ2n) is 4.34. The average Bonchev–Trinajstić information content (AvgIpc) is 2.48. The van der Waals surface area contributed by atoms with E-state index < -0.39 is 0 Å². The Morgan fingerprint density at radius 2 is 2.05 bits per heavy atom. The van der Waals surface area contributed by atoms with E-state index in [4.69, 9.17) is 26.8 Å². The third-order valence-electron chi connectivity index (χ3n) is 2.90. The SMILES string of the molecule is COc1cc(CN)cc(Br)c1OCc1cc(Cl)ccc1F. The van der Waals surface area contributed by atoms with Gasteiger partial charge in [0.15, 0.2) is 11.5 Å². The molecule has 0 aliphatic carbocycles. The lowest BCUT2D eigenvalue weighted by atomic mass is 10.2. The van der Waals surface area contributed by atoms with Crippen LogP contribution >= 0.6 is 27.5 Å². The molecule has 6 heteroatoms. The summed E-state index contributed by atoms with van der Waals surface area (Å²) in [5.41, 5.74) is 6.89. The van der Waals surface area contributed by atoms with Gasteiger partial charge in [-0.05, 0) is 51.8 Å². The van der Waals surface area contributed by atoms with Crippen molar-refractivity contribution in [3.8, 4) is 11.5 Å². The van der Waals surface area contributed by atoms with E-state index in [1.165, 1.54) is 25.3 Å². The monoisotopic (exact) mass is 373 g/mol. The Balaban J connectivity index is 2.25. The van der Waals surface area contributed by atoms with Gasteiger partial charge in [0.05, 0.1) is 11.6 Å². The second-order valence-corrected chi connectivity index (χ2v) is 5.63. The highest BCUT2D eigenvalue weighted by Gasteiger charge is 2.13. The van der Waals surface area contributed by atoms with Crippen LogP contribution in [0.15, 0.2) is 34.8 Å². The highest BCUT2D eigenvalue weighted by atomic mass is 79.9. The predicted octanol–water partition coefficient (Wildman–Crippen LogP) is 4.29. The molecule has 3 nitrogen and oxygen atoms in total. The van der Waals surface area contributed by atoms with E-state index in [2.05, 4.69) is 15.9 Å². The normalized spacial score (nSPS) is 10.5. The van der Waals surface area contributed by atoms with Gasteiger partial charge in [-0.2, -0.15) is 0 Å². The average molecular weight is 375 g/mol. The van der Waals surface area contributed by atoms with Crippen LogP contribution in [0.2, 0.25) is 5.02 Å². The van der Waals surface area contributed by atoms with E-state index in [0.717, 1.165) is 5.56 Å². The van der Waals surface area contributed by atoms with Gasteiger partial charge in [0.2, 0.25) is 0 Å². The van der Waals surface area contributed by atoms with E-state index in [9.17, 15) is 4.39 Å². The Morgan fingerprint density at radius 1 is 1.29 bits per heavy atom. The summed E-state index contributed by atoms with van der Waals surface area (Å²) in [6, 6.07) is 7.96. The summed E-state index contributed by atoms with van der Waals surface area (Å²) in [5.74, 6) is 0.661. The van der Waals surface area contributed by atoms with Crippen LogP contribution in [0.3, 0.4) is 0 Å². The molecule has 2 N–H and O–H groups in total. The Morgan fingerprint density at radius 3 is 2.71 bits per heavy atom. The van der Waals surface area contributed by atoms with E-state index in [0.29, 0.717) is 33.1 Å². The lowest BCUT2D eigenvalue weighted by molar-refractivity contribution is 0.277. The molecule has 0 unspecified atom stereocenters. The second kappa shape index (κ2) is 7.11. The molecule has 0 saturated carbocycles. The summed E-state index contributed by atoms with van der Waals surface area (Å²) in [4.78, 5) is 0. The largest absolute Gasteiger partial charge is 0.493 e. The Bertz CT molecular complexity index is 652. The molecule has 0 amide bonds. The van der Waals surface area contributed by atoms with Gasteiger partial charge in [0.1, 0.15) is 12.4 Å². The van der Waals surface area contributed by atoms with Crippen LogP contribution in [-0.4, -0.2) is 7.11 Å². The lowest BCUT2D eigenvalue weighted by Crippen LogP contribution is -2.03. The maximum Gasteiger partial charge on any atom is 0.175 e. The molecule has 2 aromatic rings. The molecule has 0 fully saturated rings. The first-order valence-electron chi connectivity index (χ1n) is 6.18. The van der Waals surface area contributed by atoms with Crippen molar-refractivity contribution in [1.29, 1.82) is 0 Å². The van der Waals surface area contributed by atoms with Crippen LogP contribution in [0.1, 0.15) is 11.1 Å². The minimum Gasteiger partial charge on any atom is -0.493 e. The molecule has 2 aromatic carbocycles. The summed E-state index contributed by atoms with van der Waals surface area (Å²) in [6.45, 7) is 0.432. The van der Waals surface area contributed by atoms with E-state index >= 15 is 0 Å². The zero-order valence-electron chi connectivity index (χ0n) is 11.3. The number of hydrogen-bond donors (Lipinski definition) is 1. The number of halogens is 3. The van der Waals surface area contributed by atoms with Crippen molar-refractivity contribution >= 4 is 27.5 Å². The highest BCUT2D eigenvalue weighted by Crippen LogP contribution is 2.37. The predicted molar refractivity (Wildman–Crippen MR) is 84.3 cm³/mol. The molecule has 0 radical (unpaired) electrons. The van der Waals surface area contributed by atoms with Crippen LogP contribution in [0.4, 0.5) is 4.39 Å². The molecular weight excluding hydrogens is 361 g/mol. The first-order valence-corrected chi connectivity index (χ1v) is 7.35. The first-order chi connectivity index (χ1) is 10.0. The van der Waals surface area contributed by atoms with Gasteiger partial charge in [0.25, 0.3) is 0 Å². The van der Waals surface area contributed by atoms with E-state index in [1.54, 1.807) is 6.07 Å². The van der Waals surface area contributed by atoms with E-state index in [1.807, 2.05) is 6.07 Å². The summed E-state index contributed by atoms with van der Waals surface area (Å²) in [6.07, 6.45) is 0. The van der Waals surface area contributed by atoms with Crippen molar-refractivity contribution in [3.63, 3.8) is 0 Å². The molecule has 0 heterocycles. The van der Waals surface area contributed by atoms with Crippen molar-refractivity contribution in [2.75, 3.05) is 7.11 Å². The molecule has 0 saturated heterocycles. The summed E-state index contributed by atoms with van der Waals surface area (Å²) in [7, 11) is 1.54. The maximum atomic E-state index is 13.7. The number of benzene rings is 2. The van der Waals surface area contributed by atoms with Gasteiger partial charge in [-0.25, -0.2) is 4.39 Å². The smallest absolute Gasteiger partial charge is 0.175 e. The van der Waals surface area contributed by atoms with Gasteiger partial charge in [-0.3, -0.25) is 0 Å². The minimum atomic E-state index is -0.368. The fourth-order valence-electron chi connectivity index (χ4n) is 1.84. The topological polar surface area (TPSA) is 44.5 Å². The fraction of sp³-hybridized carbons (Fsp3) is 0.200. The quantitative estimate of drug-likeness (QED) is 0.849. The van der Waals surface area contributed by atoms with Gasteiger partial charge in [-0.1, -0.05) is 11.6 Å². The number of hydrogen-bond acceptors (Lipinski definition) is 3. The summed E-state index contributed by atoms with van der Waals surface area (Å²) in [5, 5.41) is 0.458. The Kier molecular flexibility index (Phi) is 5.45. The van der Waals surface area contributed by atoms with Gasteiger partial charge in [-0.15, -0.1) is 0 Å². The third kappa shape index (κ3) is 3.87. The van der Waals surface area contributed by atoms with Gasteiger partial charge < -0.3 is 15.2 Å². The highest BCUT2D eigenvalue weighted by molar-refractivity contribution is 9.10. The molecule has 2 rings (SSSR count). The lowest BCUT2D eigenvalue weighted by Gasteiger charge is -2.14. The first kappa shape index (κ1) is 16.1. The summed E-state index contributed by atoms with van der Waals surface area (Å²) < 4.78 is 25.3. The van der Waals surface area contributed by atoms with Crippen molar-refractivity contribution in [1.82, 2.24) is 0 Å². The summed E-state index contributed by atoms with van der Waals surface area (Å²) >= 11 is 9.26. The van der Waals surface area contributed by atoms with Crippen molar-refractivity contribution < 1.29 is 13.9 Å². The van der Waals surface area contributed by atoms with Crippen LogP contribution in [0.25, 0.3) is 0 Å². The molecule has 112 valence electrons. The van der Waals surface area contributed by atoms with Crippen LogP contribution < -0.4 is 15.2 Å². The fourth-order valence-corrected chi connectivity index (χ4v) is 2.63. The van der Waals surface area contributed by atoms with Crippen LogP contribution in [0, 0.1) is 5.82 Å². The minimum absolute atomic E-state index is 0.0450. The number of ether oxygens (including phenoxy) is 2. The number of methoxy groups -OCH3 is 1. The van der Waals surface area contributed by atoms with Crippen molar-refractivity contribution in [2.45, 2.75) is 13.2 Å². The molecule has 21 heavy (non-hydrogen) atoms. The number of rotatable bonds is 5. The molecule has 0 aliphatic heterocycles. The van der Waals surface area contributed by atoms with Crippen LogP contribution in [-0.2, 0) is 13.2 Å². The third-order valence-corrected chi connectivity index (χ3v) is 3.73. The molecular formula is C15H14BrClFNO2. The standard InChI is InChI=1S/C15H14BrClFNO2/c1-20-14-5-9(7-19)4-12(16)15(14)21-8-10-6-11(17)2-3-13(10)18/h2-6H,7-8,19H2,1H3. The molecule has 0 aliphatic rings. The van der Waals surface area contributed by atoms with Crippen molar-refractivity contribution in [3.05, 3.63) is 56.8 Å². The molecule has 0 bridgehead atoms. The zero-order chi connectivity index (χ0) is 15.4. The zero-order valence-corrected chi connectivity index (χ0v) is 13.7. The maximum absolute atomic E-state index is 13.7. The van der Waals surface area contributed by atoms with Crippen LogP contribution in [0.5, 0.6) is 11.5 Å². The van der Waals surface area contributed by atoms with E-state index in [-0.39, 0.29) is 12.4 Å².